The Bertz CT molecular complexity index is 563. The van der Waals surface area contributed by atoms with Gasteiger partial charge in [0, 0.05) is 19.5 Å². The fourth-order valence-electron chi connectivity index (χ4n) is 1.71. The summed E-state index contributed by atoms with van der Waals surface area (Å²) in [5.74, 6) is -0.803. The molecule has 1 unspecified atom stereocenters. The average Bonchev–Trinajstić information content (AvgIpc) is 2.54. The number of benzene rings is 1. The number of aliphatic hydroxyl groups is 1. The van der Waals surface area contributed by atoms with Crippen LogP contribution in [0.5, 0.6) is 5.75 Å². The smallest absolute Gasteiger partial charge is 0.416 e. The number of carbonyl (C=O) groups is 2. The zero-order valence-electron chi connectivity index (χ0n) is 13.2. The fraction of sp³-hybridized carbons (Fsp3) is 0.467. The molecule has 0 spiro atoms. The third-order valence-electron chi connectivity index (χ3n) is 2.98. The van der Waals surface area contributed by atoms with Gasteiger partial charge in [0.2, 0.25) is 0 Å². The summed E-state index contributed by atoms with van der Waals surface area (Å²) in [5, 5.41) is 22.9. The van der Waals surface area contributed by atoms with Crippen molar-refractivity contribution in [1.29, 1.82) is 0 Å². The first-order valence-corrected chi connectivity index (χ1v) is 7.40. The van der Waals surface area contributed by atoms with E-state index in [0.717, 1.165) is 24.3 Å². The number of alkyl halides is 3. The van der Waals surface area contributed by atoms with Crippen molar-refractivity contribution < 1.29 is 37.7 Å². The highest BCUT2D eigenvalue weighted by atomic mass is 19.4. The average molecular weight is 364 g/mol. The Labute approximate surface area is 141 Å². The van der Waals surface area contributed by atoms with Crippen molar-refractivity contribution in [2.75, 3.05) is 19.7 Å². The van der Waals surface area contributed by atoms with Gasteiger partial charge in [-0.05, 0) is 30.7 Å². The molecule has 140 valence electrons. The molecule has 1 rings (SSSR count). The van der Waals surface area contributed by atoms with Crippen LogP contribution < -0.4 is 15.4 Å². The summed E-state index contributed by atoms with van der Waals surface area (Å²) in [7, 11) is 0. The molecule has 0 aliphatic carbocycles. The Morgan fingerprint density at radius 3 is 2.36 bits per heavy atom. The molecule has 0 saturated carbocycles. The van der Waals surface area contributed by atoms with Crippen LogP contribution in [0.25, 0.3) is 0 Å². The largest absolute Gasteiger partial charge is 0.491 e. The van der Waals surface area contributed by atoms with E-state index >= 15 is 0 Å². The predicted molar refractivity (Wildman–Crippen MR) is 81.2 cm³/mol. The van der Waals surface area contributed by atoms with Gasteiger partial charge in [-0.15, -0.1) is 0 Å². The molecule has 0 heterocycles. The van der Waals surface area contributed by atoms with E-state index in [1.807, 2.05) is 0 Å². The molecule has 25 heavy (non-hydrogen) atoms. The van der Waals surface area contributed by atoms with Crippen molar-refractivity contribution in [3.63, 3.8) is 0 Å². The summed E-state index contributed by atoms with van der Waals surface area (Å²) < 4.78 is 42.4. The van der Waals surface area contributed by atoms with E-state index in [1.54, 1.807) is 0 Å². The van der Waals surface area contributed by atoms with Crippen LogP contribution in [-0.2, 0) is 11.0 Å². The van der Waals surface area contributed by atoms with Crippen LogP contribution in [-0.4, -0.2) is 48.0 Å². The molecule has 2 amide bonds. The maximum Gasteiger partial charge on any atom is 0.416 e. The summed E-state index contributed by atoms with van der Waals surface area (Å²) >= 11 is 0. The molecule has 0 saturated heterocycles. The molecule has 10 heteroatoms. The van der Waals surface area contributed by atoms with Gasteiger partial charge in [-0.25, -0.2) is 4.79 Å². The lowest BCUT2D eigenvalue weighted by Crippen LogP contribution is -2.41. The van der Waals surface area contributed by atoms with Crippen molar-refractivity contribution >= 4 is 12.0 Å². The van der Waals surface area contributed by atoms with Gasteiger partial charge in [0.1, 0.15) is 18.5 Å². The number of rotatable bonds is 9. The fourth-order valence-corrected chi connectivity index (χ4v) is 1.71. The Morgan fingerprint density at radius 1 is 1.16 bits per heavy atom. The number of hydrogen-bond acceptors (Lipinski definition) is 4. The summed E-state index contributed by atoms with van der Waals surface area (Å²) in [6.07, 6.45) is -5.28. The third-order valence-corrected chi connectivity index (χ3v) is 2.98. The topological polar surface area (TPSA) is 108 Å². The molecular weight excluding hydrogens is 345 g/mol. The minimum Gasteiger partial charge on any atom is -0.491 e. The second-order valence-corrected chi connectivity index (χ2v) is 5.12. The van der Waals surface area contributed by atoms with Crippen molar-refractivity contribution in [3.8, 4) is 5.75 Å². The molecule has 1 aromatic rings. The lowest BCUT2D eigenvalue weighted by Gasteiger charge is -2.14. The summed E-state index contributed by atoms with van der Waals surface area (Å²) in [5.41, 5.74) is -0.804. The molecule has 0 bridgehead atoms. The van der Waals surface area contributed by atoms with Crippen molar-refractivity contribution in [3.05, 3.63) is 29.8 Å². The van der Waals surface area contributed by atoms with Gasteiger partial charge < -0.3 is 25.6 Å². The number of carbonyl (C=O) groups excluding carboxylic acids is 1. The first kappa shape index (κ1) is 20.6. The van der Waals surface area contributed by atoms with Gasteiger partial charge in [-0.3, -0.25) is 4.79 Å². The molecular formula is C15H19F3N2O5. The van der Waals surface area contributed by atoms with Crippen molar-refractivity contribution in [2.45, 2.75) is 25.1 Å². The van der Waals surface area contributed by atoms with Crippen LogP contribution >= 0.6 is 0 Å². The van der Waals surface area contributed by atoms with E-state index in [4.69, 9.17) is 9.84 Å². The Morgan fingerprint density at radius 2 is 1.80 bits per heavy atom. The number of nitrogens with one attached hydrogen (secondary N) is 2. The van der Waals surface area contributed by atoms with E-state index in [0.29, 0.717) is 0 Å². The predicted octanol–water partition coefficient (Wildman–Crippen LogP) is 1.61. The van der Waals surface area contributed by atoms with Crippen LogP contribution in [0, 0.1) is 0 Å². The third kappa shape index (κ3) is 8.80. The van der Waals surface area contributed by atoms with Gasteiger partial charge in [0.15, 0.2) is 0 Å². The Hall–Kier alpha value is -2.49. The van der Waals surface area contributed by atoms with Gasteiger partial charge in [-0.1, -0.05) is 0 Å². The lowest BCUT2D eigenvalue weighted by atomic mass is 10.2. The monoisotopic (exact) mass is 364 g/mol. The number of hydrogen-bond donors (Lipinski definition) is 4. The maximum absolute atomic E-state index is 12.4. The van der Waals surface area contributed by atoms with Crippen LogP contribution in [0.4, 0.5) is 18.0 Å². The van der Waals surface area contributed by atoms with E-state index in [2.05, 4.69) is 10.6 Å². The minimum atomic E-state index is -4.43. The van der Waals surface area contributed by atoms with Gasteiger partial charge >= 0.3 is 18.2 Å². The number of halogens is 3. The summed E-state index contributed by atoms with van der Waals surface area (Å²) in [6.45, 7) is -0.174. The number of aliphatic hydroxyl groups excluding tert-OH is 1. The number of carboxylic acids is 1. The van der Waals surface area contributed by atoms with Crippen LogP contribution in [0.1, 0.15) is 18.4 Å². The van der Waals surface area contributed by atoms with Gasteiger partial charge in [0.25, 0.3) is 0 Å². The molecule has 0 fully saturated rings. The van der Waals surface area contributed by atoms with E-state index in [1.165, 1.54) is 0 Å². The first-order chi connectivity index (χ1) is 11.7. The van der Waals surface area contributed by atoms with Gasteiger partial charge in [-0.2, -0.15) is 13.2 Å². The van der Waals surface area contributed by atoms with Crippen molar-refractivity contribution in [2.24, 2.45) is 0 Å². The van der Waals surface area contributed by atoms with E-state index in [-0.39, 0.29) is 38.3 Å². The molecule has 0 radical (unpaired) electrons. The molecule has 0 aromatic heterocycles. The molecule has 1 atom stereocenters. The van der Waals surface area contributed by atoms with Crippen molar-refractivity contribution in [1.82, 2.24) is 10.6 Å². The number of aliphatic carboxylic acids is 1. The summed E-state index contributed by atoms with van der Waals surface area (Å²) in [6, 6.07) is 3.43. The van der Waals surface area contributed by atoms with Crippen LogP contribution in [0.15, 0.2) is 24.3 Å². The highest BCUT2D eigenvalue weighted by Crippen LogP contribution is 2.30. The normalized spacial score (nSPS) is 12.3. The zero-order valence-corrected chi connectivity index (χ0v) is 13.2. The minimum absolute atomic E-state index is 0.0656. The number of ether oxygens (including phenoxy) is 1. The molecule has 7 nitrogen and oxygen atoms in total. The van der Waals surface area contributed by atoms with Gasteiger partial charge in [0.05, 0.1) is 5.56 Å². The van der Waals surface area contributed by atoms with E-state index < -0.39 is 29.8 Å². The highest BCUT2D eigenvalue weighted by Gasteiger charge is 2.30. The SMILES string of the molecule is O=C(O)CCCNC(=O)NCC(O)COc1ccc(C(F)(F)F)cc1. The molecule has 0 aliphatic heterocycles. The first-order valence-electron chi connectivity index (χ1n) is 7.40. The summed E-state index contributed by atoms with van der Waals surface area (Å²) in [4.78, 5) is 21.7. The number of amides is 2. The Kier molecular flexibility index (Phi) is 7.99. The Balaban J connectivity index is 2.23. The van der Waals surface area contributed by atoms with Crippen LogP contribution in [0.3, 0.4) is 0 Å². The highest BCUT2D eigenvalue weighted by molar-refractivity contribution is 5.73. The molecule has 4 N–H and O–H groups in total. The maximum atomic E-state index is 12.4. The van der Waals surface area contributed by atoms with Crippen LogP contribution in [0.2, 0.25) is 0 Å². The quantitative estimate of drug-likeness (QED) is 0.498. The lowest BCUT2D eigenvalue weighted by molar-refractivity contribution is -0.138. The number of urea groups is 1. The zero-order chi connectivity index (χ0) is 18.9. The molecule has 0 aliphatic rings. The second-order valence-electron chi connectivity index (χ2n) is 5.12. The molecule has 1 aromatic carbocycles. The second kappa shape index (κ2) is 9.72. The number of carboxylic acid groups (broad SMARTS) is 1. The standard InChI is InChI=1S/C15H19F3N2O5/c16-15(17,18)10-3-5-12(6-4-10)25-9-11(21)8-20-14(24)19-7-1-2-13(22)23/h3-6,11,21H,1-2,7-9H2,(H,22,23)(H2,19,20,24). The van der Waals surface area contributed by atoms with E-state index in [9.17, 15) is 27.9 Å².